The second-order valence-corrected chi connectivity index (χ2v) is 5.72. The lowest BCUT2D eigenvalue weighted by Gasteiger charge is -2.27. The van der Waals surface area contributed by atoms with Gasteiger partial charge in [-0.25, -0.2) is 0 Å². The first-order chi connectivity index (χ1) is 12.2. The van der Waals surface area contributed by atoms with E-state index in [1.54, 1.807) is 26.5 Å². The Morgan fingerprint density at radius 1 is 1.20 bits per heavy atom. The average Bonchev–Trinajstić information content (AvgIpc) is 3.10. The molecule has 7 nitrogen and oxygen atoms in total. The zero-order valence-electron chi connectivity index (χ0n) is 14.7. The number of hydrogen-bond acceptors (Lipinski definition) is 7. The Kier molecular flexibility index (Phi) is 5.67. The van der Waals surface area contributed by atoms with E-state index in [1.807, 2.05) is 6.92 Å². The van der Waals surface area contributed by atoms with Crippen molar-refractivity contribution in [3.8, 4) is 17.2 Å². The lowest BCUT2D eigenvalue weighted by atomic mass is 9.98. The van der Waals surface area contributed by atoms with Crippen LogP contribution in [0.15, 0.2) is 16.7 Å². The van der Waals surface area contributed by atoms with Crippen LogP contribution in [0, 0.1) is 0 Å². The van der Waals surface area contributed by atoms with Gasteiger partial charge in [0.25, 0.3) is 0 Å². The van der Waals surface area contributed by atoms with Gasteiger partial charge in [0.2, 0.25) is 5.75 Å². The average molecular weight is 352 g/mol. The van der Waals surface area contributed by atoms with E-state index in [4.69, 9.17) is 28.1 Å². The number of fused-ring (bicyclic) bond motifs is 1. The molecular weight excluding hydrogens is 328 g/mol. The summed E-state index contributed by atoms with van der Waals surface area (Å²) in [4.78, 5) is 0. The van der Waals surface area contributed by atoms with Crippen LogP contribution in [0.1, 0.15) is 25.0 Å². The Labute approximate surface area is 146 Å². The molecule has 1 N–H and O–H groups in total. The number of benzene rings is 1. The first-order valence-corrected chi connectivity index (χ1v) is 8.36. The summed E-state index contributed by atoms with van der Waals surface area (Å²) in [5.74, 6) is 1.38. The lowest BCUT2D eigenvalue weighted by molar-refractivity contribution is -0.102. The highest BCUT2D eigenvalue weighted by Gasteiger charge is 2.31. The summed E-state index contributed by atoms with van der Waals surface area (Å²) >= 11 is 0. The molecule has 2 atom stereocenters. The van der Waals surface area contributed by atoms with Gasteiger partial charge in [-0.2, -0.15) is 0 Å². The maximum atomic E-state index is 10.9. The van der Waals surface area contributed by atoms with Gasteiger partial charge in [0.15, 0.2) is 11.3 Å². The van der Waals surface area contributed by atoms with E-state index in [-0.39, 0.29) is 6.10 Å². The second kappa shape index (κ2) is 7.95. The van der Waals surface area contributed by atoms with E-state index in [0.29, 0.717) is 61.2 Å². The molecule has 1 aliphatic heterocycles. The van der Waals surface area contributed by atoms with Crippen LogP contribution in [0.5, 0.6) is 17.2 Å². The molecule has 2 unspecified atom stereocenters. The quantitative estimate of drug-likeness (QED) is 0.820. The smallest absolute Gasteiger partial charge is 0.205 e. The molecule has 3 rings (SSSR count). The Morgan fingerprint density at radius 2 is 2.00 bits per heavy atom. The highest BCUT2D eigenvalue weighted by Crippen LogP contribution is 2.49. The van der Waals surface area contributed by atoms with Crippen molar-refractivity contribution in [1.29, 1.82) is 0 Å². The molecule has 1 aliphatic rings. The number of aliphatic hydroxyl groups excluding tert-OH is 1. The minimum atomic E-state index is -0.864. The van der Waals surface area contributed by atoms with E-state index < -0.39 is 6.10 Å². The van der Waals surface area contributed by atoms with Gasteiger partial charge < -0.3 is 33.2 Å². The van der Waals surface area contributed by atoms with Gasteiger partial charge in [0.05, 0.1) is 70.1 Å². The van der Waals surface area contributed by atoms with Crippen molar-refractivity contribution in [3.05, 3.63) is 17.9 Å². The van der Waals surface area contributed by atoms with Crippen molar-refractivity contribution < 1.29 is 33.2 Å². The van der Waals surface area contributed by atoms with Crippen LogP contribution < -0.4 is 14.2 Å². The van der Waals surface area contributed by atoms with Gasteiger partial charge >= 0.3 is 0 Å². The molecule has 2 heterocycles. The lowest BCUT2D eigenvalue weighted by Crippen LogP contribution is -2.30. The molecule has 0 aliphatic carbocycles. The van der Waals surface area contributed by atoms with Gasteiger partial charge in [-0.15, -0.1) is 0 Å². The second-order valence-electron chi connectivity index (χ2n) is 5.72. The number of aliphatic hydroxyl groups is 1. The third kappa shape index (κ3) is 3.40. The fraction of sp³-hybridized carbons (Fsp3) is 0.556. The third-order valence-electron chi connectivity index (χ3n) is 4.21. The van der Waals surface area contributed by atoms with Gasteiger partial charge in [0.1, 0.15) is 5.75 Å². The van der Waals surface area contributed by atoms with Crippen molar-refractivity contribution in [1.82, 2.24) is 0 Å². The molecule has 25 heavy (non-hydrogen) atoms. The maximum absolute atomic E-state index is 10.9. The molecule has 1 fully saturated rings. The molecule has 0 radical (unpaired) electrons. The molecule has 0 spiro atoms. The maximum Gasteiger partial charge on any atom is 0.205 e. The highest BCUT2D eigenvalue weighted by molar-refractivity contribution is 5.93. The first kappa shape index (κ1) is 17.8. The van der Waals surface area contributed by atoms with Crippen LogP contribution in [-0.2, 0) is 9.47 Å². The summed E-state index contributed by atoms with van der Waals surface area (Å²) < 4.78 is 33.5. The summed E-state index contributed by atoms with van der Waals surface area (Å²) in [5.41, 5.74) is 1.06. The van der Waals surface area contributed by atoms with E-state index >= 15 is 0 Å². The molecule has 138 valence electrons. The number of methoxy groups -OCH3 is 2. The molecule has 1 aromatic heterocycles. The van der Waals surface area contributed by atoms with Crippen LogP contribution in [-0.4, -0.2) is 51.9 Å². The Hall–Kier alpha value is -1.96. The largest absolute Gasteiger partial charge is 0.495 e. The summed E-state index contributed by atoms with van der Waals surface area (Å²) in [6.07, 6.45) is 0.869. The zero-order valence-corrected chi connectivity index (χ0v) is 14.7. The van der Waals surface area contributed by atoms with Crippen LogP contribution in [0.2, 0.25) is 0 Å². The van der Waals surface area contributed by atoms with Crippen molar-refractivity contribution in [2.75, 3.05) is 40.6 Å². The SMILES string of the molecule is CCOc1c(C(O)CC2COCCO2)c(OC)c2ccoc2c1OC. The Morgan fingerprint density at radius 3 is 2.64 bits per heavy atom. The number of ether oxygens (including phenoxy) is 5. The first-order valence-electron chi connectivity index (χ1n) is 8.36. The monoisotopic (exact) mass is 352 g/mol. The topological polar surface area (TPSA) is 79.5 Å². The molecule has 0 amide bonds. The summed E-state index contributed by atoms with van der Waals surface area (Å²) in [7, 11) is 3.10. The Bertz CT molecular complexity index is 703. The fourth-order valence-corrected chi connectivity index (χ4v) is 3.17. The van der Waals surface area contributed by atoms with E-state index in [1.165, 1.54) is 0 Å². The predicted octanol–water partition coefficient (Wildman–Crippen LogP) is 2.69. The van der Waals surface area contributed by atoms with Gasteiger partial charge in [-0.05, 0) is 13.0 Å². The zero-order chi connectivity index (χ0) is 17.8. The molecule has 1 saturated heterocycles. The third-order valence-corrected chi connectivity index (χ3v) is 4.21. The van der Waals surface area contributed by atoms with Crippen LogP contribution >= 0.6 is 0 Å². The van der Waals surface area contributed by atoms with Crippen molar-refractivity contribution in [2.24, 2.45) is 0 Å². The summed E-state index contributed by atoms with van der Waals surface area (Å²) in [5, 5.41) is 11.6. The number of rotatable bonds is 7. The van der Waals surface area contributed by atoms with E-state index in [0.717, 1.165) is 5.39 Å². The minimum absolute atomic E-state index is 0.186. The molecule has 0 bridgehead atoms. The van der Waals surface area contributed by atoms with Crippen LogP contribution in [0.3, 0.4) is 0 Å². The molecule has 7 heteroatoms. The predicted molar refractivity (Wildman–Crippen MR) is 90.6 cm³/mol. The van der Waals surface area contributed by atoms with Crippen molar-refractivity contribution in [3.63, 3.8) is 0 Å². The molecule has 1 aromatic carbocycles. The van der Waals surface area contributed by atoms with Crippen LogP contribution in [0.4, 0.5) is 0 Å². The summed E-state index contributed by atoms with van der Waals surface area (Å²) in [6.45, 7) is 3.83. The standard InChI is InChI=1S/C18H24O7/c1-4-23-17-14(13(19)9-11-10-22-7-8-24-11)15(20-2)12-5-6-25-16(12)18(17)21-3/h5-6,11,13,19H,4,7-10H2,1-3H3. The van der Waals surface area contributed by atoms with Crippen molar-refractivity contribution >= 4 is 11.0 Å². The normalized spacial score (nSPS) is 19.0. The van der Waals surface area contributed by atoms with Crippen LogP contribution in [0.25, 0.3) is 11.0 Å². The molecular formula is C18H24O7. The van der Waals surface area contributed by atoms with Crippen molar-refractivity contribution in [2.45, 2.75) is 25.6 Å². The van der Waals surface area contributed by atoms with Gasteiger partial charge in [-0.1, -0.05) is 0 Å². The number of furan rings is 1. The molecule has 0 saturated carbocycles. The van der Waals surface area contributed by atoms with Gasteiger partial charge in [-0.3, -0.25) is 0 Å². The number of hydrogen-bond donors (Lipinski definition) is 1. The van der Waals surface area contributed by atoms with E-state index in [2.05, 4.69) is 0 Å². The minimum Gasteiger partial charge on any atom is -0.495 e. The highest BCUT2D eigenvalue weighted by atomic mass is 16.6. The van der Waals surface area contributed by atoms with Gasteiger partial charge in [0, 0.05) is 6.42 Å². The Balaban J connectivity index is 2.08. The summed E-state index contributed by atoms with van der Waals surface area (Å²) in [6, 6.07) is 1.78. The molecule has 2 aromatic rings. The fourth-order valence-electron chi connectivity index (χ4n) is 3.17. The van der Waals surface area contributed by atoms with E-state index in [9.17, 15) is 5.11 Å².